The minimum atomic E-state index is -0.288. The Labute approximate surface area is 131 Å². The molecule has 4 nitrogen and oxygen atoms in total. The lowest BCUT2D eigenvalue weighted by molar-refractivity contribution is 0.0840. The number of halogens is 1. The summed E-state index contributed by atoms with van der Waals surface area (Å²) in [5.41, 5.74) is 0.915. The monoisotopic (exact) mass is 352 g/mol. The summed E-state index contributed by atoms with van der Waals surface area (Å²) < 4.78 is 5.76. The number of para-hydroxylation sites is 1. The van der Waals surface area contributed by atoms with E-state index in [9.17, 15) is 4.79 Å². The van der Waals surface area contributed by atoms with Crippen molar-refractivity contribution in [1.29, 1.82) is 0 Å². The van der Waals surface area contributed by atoms with Crippen molar-refractivity contribution in [2.75, 3.05) is 19.0 Å². The quantitative estimate of drug-likeness (QED) is 0.774. The van der Waals surface area contributed by atoms with Crippen molar-refractivity contribution < 1.29 is 9.21 Å². The molecule has 0 aliphatic rings. The summed E-state index contributed by atoms with van der Waals surface area (Å²) in [5.74, 6) is -0.0494. The van der Waals surface area contributed by atoms with Gasteiger partial charge in [0.25, 0.3) is 5.91 Å². The van der Waals surface area contributed by atoms with E-state index in [-0.39, 0.29) is 11.7 Å². The SMILES string of the molecule is CN(C(=O)c1ccc(Br)o1)C(=S)N(C)c1ccccc1. The van der Waals surface area contributed by atoms with Gasteiger partial charge >= 0.3 is 0 Å². The van der Waals surface area contributed by atoms with E-state index in [0.717, 1.165) is 5.69 Å². The van der Waals surface area contributed by atoms with Gasteiger partial charge in [0.15, 0.2) is 15.5 Å². The van der Waals surface area contributed by atoms with Gasteiger partial charge in [0.1, 0.15) is 0 Å². The first-order chi connectivity index (χ1) is 9.50. The van der Waals surface area contributed by atoms with Crippen molar-refractivity contribution in [2.45, 2.75) is 0 Å². The Balaban J connectivity index is 2.14. The highest BCUT2D eigenvalue weighted by Crippen LogP contribution is 2.17. The third-order valence-electron chi connectivity index (χ3n) is 2.81. The van der Waals surface area contributed by atoms with Crippen LogP contribution in [-0.2, 0) is 0 Å². The summed E-state index contributed by atoms with van der Waals surface area (Å²) in [5, 5.41) is 0.397. The lowest BCUT2D eigenvalue weighted by Gasteiger charge is -2.26. The highest BCUT2D eigenvalue weighted by atomic mass is 79.9. The molecule has 0 bridgehead atoms. The van der Waals surface area contributed by atoms with Crippen LogP contribution in [0, 0.1) is 0 Å². The van der Waals surface area contributed by atoms with Gasteiger partial charge in [-0.15, -0.1) is 0 Å². The van der Waals surface area contributed by atoms with Gasteiger partial charge in [-0.2, -0.15) is 0 Å². The molecule has 0 saturated carbocycles. The van der Waals surface area contributed by atoms with Gasteiger partial charge in [0.05, 0.1) is 0 Å². The van der Waals surface area contributed by atoms with Crippen LogP contribution in [0.15, 0.2) is 51.6 Å². The Bertz CT molecular complexity index is 627. The van der Waals surface area contributed by atoms with Crippen LogP contribution in [0.25, 0.3) is 0 Å². The predicted molar refractivity (Wildman–Crippen MR) is 85.9 cm³/mol. The summed E-state index contributed by atoms with van der Waals surface area (Å²) in [6.45, 7) is 0. The van der Waals surface area contributed by atoms with Crippen LogP contribution in [0.1, 0.15) is 10.6 Å². The van der Waals surface area contributed by atoms with Gasteiger partial charge < -0.3 is 9.32 Å². The fourth-order valence-electron chi connectivity index (χ4n) is 1.67. The van der Waals surface area contributed by atoms with Crippen LogP contribution < -0.4 is 4.90 Å². The molecule has 0 fully saturated rings. The van der Waals surface area contributed by atoms with Crippen molar-refractivity contribution >= 4 is 44.9 Å². The summed E-state index contributed by atoms with van der Waals surface area (Å²) in [6.07, 6.45) is 0. The molecule has 1 heterocycles. The molecular formula is C14H13BrN2O2S. The van der Waals surface area contributed by atoms with Crippen molar-refractivity contribution in [3.05, 3.63) is 52.9 Å². The topological polar surface area (TPSA) is 36.7 Å². The number of anilines is 1. The lowest BCUT2D eigenvalue weighted by atomic mass is 10.3. The van der Waals surface area contributed by atoms with Gasteiger partial charge in [-0.25, -0.2) is 0 Å². The molecule has 2 aromatic rings. The Morgan fingerprint density at radius 1 is 1.15 bits per heavy atom. The first-order valence-corrected chi connectivity index (χ1v) is 7.07. The summed E-state index contributed by atoms with van der Waals surface area (Å²) >= 11 is 8.51. The van der Waals surface area contributed by atoms with Gasteiger partial charge in [0.2, 0.25) is 0 Å². The molecule has 1 amide bonds. The van der Waals surface area contributed by atoms with E-state index in [0.29, 0.717) is 9.78 Å². The molecule has 2 rings (SSSR count). The molecule has 104 valence electrons. The number of benzene rings is 1. The fourth-order valence-corrected chi connectivity index (χ4v) is 2.16. The van der Waals surface area contributed by atoms with Crippen LogP contribution in [-0.4, -0.2) is 30.0 Å². The third-order valence-corrected chi connectivity index (χ3v) is 3.78. The maximum absolute atomic E-state index is 12.2. The highest BCUT2D eigenvalue weighted by Gasteiger charge is 2.21. The minimum absolute atomic E-state index is 0.239. The van der Waals surface area contributed by atoms with Crippen LogP contribution in [0.2, 0.25) is 0 Å². The van der Waals surface area contributed by atoms with E-state index in [2.05, 4.69) is 15.9 Å². The zero-order valence-electron chi connectivity index (χ0n) is 11.0. The van der Waals surface area contributed by atoms with E-state index >= 15 is 0 Å². The largest absolute Gasteiger partial charge is 0.444 e. The van der Waals surface area contributed by atoms with Crippen molar-refractivity contribution in [1.82, 2.24) is 4.90 Å². The molecule has 0 aliphatic heterocycles. The molecule has 1 aromatic carbocycles. The van der Waals surface area contributed by atoms with Crippen LogP contribution in [0.5, 0.6) is 0 Å². The van der Waals surface area contributed by atoms with Crippen LogP contribution in [0.4, 0.5) is 5.69 Å². The Morgan fingerprint density at radius 3 is 2.35 bits per heavy atom. The van der Waals surface area contributed by atoms with E-state index in [1.54, 1.807) is 24.1 Å². The molecule has 0 N–H and O–H groups in total. The first kappa shape index (κ1) is 14.7. The van der Waals surface area contributed by atoms with Crippen molar-refractivity contribution in [3.8, 4) is 0 Å². The molecule has 0 radical (unpaired) electrons. The van der Waals surface area contributed by atoms with Gasteiger partial charge in [-0.05, 0) is 52.4 Å². The number of nitrogens with zero attached hydrogens (tertiary/aromatic N) is 2. The Morgan fingerprint density at radius 2 is 1.80 bits per heavy atom. The zero-order valence-corrected chi connectivity index (χ0v) is 13.4. The second-order valence-electron chi connectivity index (χ2n) is 4.15. The van der Waals surface area contributed by atoms with Crippen molar-refractivity contribution in [3.63, 3.8) is 0 Å². The summed E-state index contributed by atoms with van der Waals surface area (Å²) in [4.78, 5) is 15.4. The molecule has 1 aromatic heterocycles. The van der Waals surface area contributed by atoms with Crippen LogP contribution in [0.3, 0.4) is 0 Å². The van der Waals surface area contributed by atoms with E-state index in [1.807, 2.05) is 37.4 Å². The molecule has 6 heteroatoms. The highest BCUT2D eigenvalue weighted by molar-refractivity contribution is 9.10. The van der Waals surface area contributed by atoms with E-state index in [4.69, 9.17) is 16.6 Å². The fraction of sp³-hybridized carbons (Fsp3) is 0.143. The lowest BCUT2D eigenvalue weighted by Crippen LogP contribution is -2.42. The standard InChI is InChI=1S/C14H13BrN2O2S/c1-16(10-6-4-3-5-7-10)14(20)17(2)13(18)11-8-9-12(15)19-11/h3-9H,1-2H3. The molecule has 20 heavy (non-hydrogen) atoms. The predicted octanol–water partition coefficient (Wildman–Crippen LogP) is 3.54. The molecule has 0 saturated heterocycles. The number of hydrogen-bond donors (Lipinski definition) is 0. The Kier molecular flexibility index (Phi) is 4.57. The first-order valence-electron chi connectivity index (χ1n) is 5.87. The number of carbonyl (C=O) groups is 1. The molecule has 0 spiro atoms. The molecule has 0 aliphatic carbocycles. The summed E-state index contributed by atoms with van der Waals surface area (Å²) in [7, 11) is 3.44. The number of thiocarbonyl (C=S) groups is 1. The smallest absolute Gasteiger partial charge is 0.295 e. The summed E-state index contributed by atoms with van der Waals surface area (Å²) in [6, 6.07) is 12.9. The molecule has 0 unspecified atom stereocenters. The average Bonchev–Trinajstić information content (AvgIpc) is 2.91. The second kappa shape index (κ2) is 6.19. The number of furan rings is 1. The maximum atomic E-state index is 12.2. The number of carbonyl (C=O) groups excluding carboxylic acids is 1. The minimum Gasteiger partial charge on any atom is -0.444 e. The second-order valence-corrected chi connectivity index (χ2v) is 5.29. The number of hydrogen-bond acceptors (Lipinski definition) is 3. The Hall–Kier alpha value is -1.66. The zero-order chi connectivity index (χ0) is 14.7. The van der Waals surface area contributed by atoms with Gasteiger partial charge in [-0.1, -0.05) is 18.2 Å². The van der Waals surface area contributed by atoms with Crippen molar-refractivity contribution in [2.24, 2.45) is 0 Å². The normalized spacial score (nSPS) is 10.2. The number of rotatable bonds is 2. The van der Waals surface area contributed by atoms with Crippen LogP contribution >= 0.6 is 28.1 Å². The van der Waals surface area contributed by atoms with E-state index < -0.39 is 0 Å². The maximum Gasteiger partial charge on any atom is 0.295 e. The molecular weight excluding hydrogens is 340 g/mol. The third kappa shape index (κ3) is 3.08. The molecule has 0 atom stereocenters. The van der Waals surface area contributed by atoms with E-state index in [1.165, 1.54) is 4.90 Å². The average molecular weight is 353 g/mol. The van der Waals surface area contributed by atoms with Gasteiger partial charge in [0, 0.05) is 19.8 Å². The number of amides is 1. The van der Waals surface area contributed by atoms with Gasteiger partial charge in [-0.3, -0.25) is 9.69 Å².